The van der Waals surface area contributed by atoms with Gasteiger partial charge in [0.05, 0.1) is 11.0 Å². The van der Waals surface area contributed by atoms with Gasteiger partial charge in [0, 0.05) is 12.0 Å². The summed E-state index contributed by atoms with van der Waals surface area (Å²) in [4.78, 5) is 18.5. The number of imidazole rings is 1. The first-order valence-electron chi connectivity index (χ1n) is 6.63. The van der Waals surface area contributed by atoms with Crippen molar-refractivity contribution in [2.75, 3.05) is 0 Å². The fourth-order valence-electron chi connectivity index (χ4n) is 2.71. The van der Waals surface area contributed by atoms with Crippen molar-refractivity contribution in [1.29, 1.82) is 0 Å². The SMILES string of the molecule is O=C(O)/C=C/c1ccc2nc(C3CCCC3)[nH]c2c1. The number of aromatic nitrogens is 2. The third-order valence-electron chi connectivity index (χ3n) is 3.68. The third-order valence-corrected chi connectivity index (χ3v) is 3.68. The van der Waals surface area contributed by atoms with Gasteiger partial charge in [0.2, 0.25) is 0 Å². The van der Waals surface area contributed by atoms with E-state index in [1.54, 1.807) is 6.08 Å². The molecular weight excluding hydrogens is 240 g/mol. The van der Waals surface area contributed by atoms with Gasteiger partial charge in [-0.25, -0.2) is 9.78 Å². The fourth-order valence-corrected chi connectivity index (χ4v) is 2.71. The maximum absolute atomic E-state index is 10.5. The molecule has 0 spiro atoms. The lowest BCUT2D eigenvalue weighted by molar-refractivity contribution is -0.131. The number of nitrogens with zero attached hydrogens (tertiary/aromatic N) is 1. The molecule has 1 aliphatic rings. The second-order valence-corrected chi connectivity index (χ2v) is 5.05. The predicted octanol–water partition coefficient (Wildman–Crippen LogP) is 3.32. The standard InChI is InChI=1S/C15H16N2O2/c18-14(19)8-6-10-5-7-12-13(9-10)17-15(16-12)11-3-1-2-4-11/h5-9,11H,1-4H2,(H,16,17)(H,18,19)/b8-6+. The predicted molar refractivity (Wildman–Crippen MR) is 74.0 cm³/mol. The van der Waals surface area contributed by atoms with E-state index in [0.717, 1.165) is 28.5 Å². The molecule has 0 saturated heterocycles. The average Bonchev–Trinajstić information content (AvgIpc) is 3.04. The van der Waals surface area contributed by atoms with Crippen molar-refractivity contribution in [3.8, 4) is 0 Å². The van der Waals surface area contributed by atoms with Crippen LogP contribution in [-0.4, -0.2) is 21.0 Å². The van der Waals surface area contributed by atoms with Crippen LogP contribution in [0.15, 0.2) is 24.3 Å². The van der Waals surface area contributed by atoms with Crippen LogP contribution in [-0.2, 0) is 4.79 Å². The first-order chi connectivity index (χ1) is 9.22. The monoisotopic (exact) mass is 256 g/mol. The molecule has 1 fully saturated rings. The molecule has 1 saturated carbocycles. The zero-order chi connectivity index (χ0) is 13.2. The molecule has 0 atom stereocenters. The van der Waals surface area contributed by atoms with Crippen molar-refractivity contribution in [3.05, 3.63) is 35.7 Å². The van der Waals surface area contributed by atoms with Crippen LogP contribution in [0.1, 0.15) is 43.0 Å². The number of carboxylic acids is 1. The second kappa shape index (κ2) is 4.88. The summed E-state index contributed by atoms with van der Waals surface area (Å²) in [6.45, 7) is 0. The quantitative estimate of drug-likeness (QED) is 0.828. The van der Waals surface area contributed by atoms with E-state index in [0.29, 0.717) is 5.92 Å². The molecule has 2 aromatic rings. The number of H-pyrrole nitrogens is 1. The topological polar surface area (TPSA) is 66.0 Å². The average molecular weight is 256 g/mol. The van der Waals surface area contributed by atoms with E-state index in [4.69, 9.17) is 5.11 Å². The number of rotatable bonds is 3. The summed E-state index contributed by atoms with van der Waals surface area (Å²) < 4.78 is 0. The molecule has 1 aromatic carbocycles. The number of benzene rings is 1. The van der Waals surface area contributed by atoms with Crippen LogP contribution >= 0.6 is 0 Å². The minimum absolute atomic E-state index is 0.561. The molecule has 0 aliphatic heterocycles. The van der Waals surface area contributed by atoms with E-state index < -0.39 is 5.97 Å². The van der Waals surface area contributed by atoms with Crippen LogP contribution in [0, 0.1) is 0 Å². The molecular formula is C15H16N2O2. The summed E-state index contributed by atoms with van der Waals surface area (Å²) in [7, 11) is 0. The van der Waals surface area contributed by atoms with Crippen LogP contribution in [0.5, 0.6) is 0 Å². The molecule has 19 heavy (non-hydrogen) atoms. The van der Waals surface area contributed by atoms with Gasteiger partial charge in [-0.3, -0.25) is 0 Å². The number of aliphatic carboxylic acids is 1. The minimum Gasteiger partial charge on any atom is -0.478 e. The molecule has 0 radical (unpaired) electrons. The maximum atomic E-state index is 10.5. The van der Waals surface area contributed by atoms with Gasteiger partial charge in [0.1, 0.15) is 5.82 Å². The van der Waals surface area contributed by atoms with Crippen LogP contribution in [0.2, 0.25) is 0 Å². The first kappa shape index (κ1) is 12.0. The Labute approximate surface area is 111 Å². The van der Waals surface area contributed by atoms with Crippen LogP contribution < -0.4 is 0 Å². The molecule has 1 aliphatic carbocycles. The van der Waals surface area contributed by atoms with Crippen molar-refractivity contribution in [3.63, 3.8) is 0 Å². The third kappa shape index (κ3) is 2.52. The summed E-state index contributed by atoms with van der Waals surface area (Å²) in [6.07, 6.45) is 7.74. The lowest BCUT2D eigenvalue weighted by Gasteiger charge is -2.02. The normalized spacial score (nSPS) is 16.6. The molecule has 98 valence electrons. The molecule has 3 rings (SSSR count). The number of fused-ring (bicyclic) bond motifs is 1. The number of hydrogen-bond acceptors (Lipinski definition) is 2. The van der Waals surface area contributed by atoms with Crippen LogP contribution in [0.3, 0.4) is 0 Å². The van der Waals surface area contributed by atoms with E-state index in [1.165, 1.54) is 25.7 Å². The first-order valence-corrected chi connectivity index (χ1v) is 6.63. The van der Waals surface area contributed by atoms with Crippen LogP contribution in [0.4, 0.5) is 0 Å². The van der Waals surface area contributed by atoms with E-state index in [9.17, 15) is 4.79 Å². The molecule has 0 unspecified atom stereocenters. The molecule has 0 bridgehead atoms. The largest absolute Gasteiger partial charge is 0.478 e. The number of carbonyl (C=O) groups is 1. The Kier molecular flexibility index (Phi) is 3.07. The van der Waals surface area contributed by atoms with E-state index in [2.05, 4.69) is 9.97 Å². The van der Waals surface area contributed by atoms with Crippen molar-refractivity contribution in [2.45, 2.75) is 31.6 Å². The van der Waals surface area contributed by atoms with Gasteiger partial charge in [0.15, 0.2) is 0 Å². The summed E-state index contributed by atoms with van der Waals surface area (Å²) in [5, 5.41) is 8.63. The van der Waals surface area contributed by atoms with Gasteiger partial charge >= 0.3 is 5.97 Å². The molecule has 1 aromatic heterocycles. The van der Waals surface area contributed by atoms with Gasteiger partial charge in [-0.2, -0.15) is 0 Å². The maximum Gasteiger partial charge on any atom is 0.328 e. The summed E-state index contributed by atoms with van der Waals surface area (Å²) in [6, 6.07) is 5.77. The number of nitrogens with one attached hydrogen (secondary N) is 1. The second-order valence-electron chi connectivity index (χ2n) is 5.05. The van der Waals surface area contributed by atoms with Gasteiger partial charge in [-0.15, -0.1) is 0 Å². The summed E-state index contributed by atoms with van der Waals surface area (Å²) in [5.74, 6) is 0.702. The zero-order valence-corrected chi connectivity index (χ0v) is 10.6. The van der Waals surface area contributed by atoms with Crippen LogP contribution in [0.25, 0.3) is 17.1 Å². The summed E-state index contributed by atoms with van der Waals surface area (Å²) in [5.41, 5.74) is 2.81. The molecule has 2 N–H and O–H groups in total. The molecule has 1 heterocycles. The Balaban J connectivity index is 1.92. The smallest absolute Gasteiger partial charge is 0.328 e. The van der Waals surface area contributed by atoms with Gasteiger partial charge in [-0.05, 0) is 36.6 Å². The highest BCUT2D eigenvalue weighted by Gasteiger charge is 2.20. The summed E-state index contributed by atoms with van der Waals surface area (Å²) >= 11 is 0. The lowest BCUT2D eigenvalue weighted by atomic mass is 10.1. The molecule has 4 nitrogen and oxygen atoms in total. The zero-order valence-electron chi connectivity index (χ0n) is 10.6. The number of aromatic amines is 1. The van der Waals surface area contributed by atoms with E-state index in [1.807, 2.05) is 18.2 Å². The lowest BCUT2D eigenvalue weighted by Crippen LogP contribution is -1.93. The number of carboxylic acid groups (broad SMARTS) is 1. The highest BCUT2D eigenvalue weighted by Crippen LogP contribution is 2.33. The molecule has 4 heteroatoms. The van der Waals surface area contributed by atoms with Gasteiger partial charge in [0.25, 0.3) is 0 Å². The van der Waals surface area contributed by atoms with Crippen molar-refractivity contribution >= 4 is 23.1 Å². The van der Waals surface area contributed by atoms with Gasteiger partial charge in [-0.1, -0.05) is 18.9 Å². The Bertz CT molecular complexity index is 637. The van der Waals surface area contributed by atoms with Crippen molar-refractivity contribution in [1.82, 2.24) is 9.97 Å². The fraction of sp³-hybridized carbons (Fsp3) is 0.333. The molecule has 0 amide bonds. The number of hydrogen-bond donors (Lipinski definition) is 2. The Morgan fingerprint density at radius 3 is 2.89 bits per heavy atom. The Morgan fingerprint density at radius 2 is 2.16 bits per heavy atom. The van der Waals surface area contributed by atoms with E-state index in [-0.39, 0.29) is 0 Å². The van der Waals surface area contributed by atoms with E-state index >= 15 is 0 Å². The highest BCUT2D eigenvalue weighted by molar-refractivity contribution is 5.86. The van der Waals surface area contributed by atoms with Gasteiger partial charge < -0.3 is 10.1 Å². The minimum atomic E-state index is -0.934. The Morgan fingerprint density at radius 1 is 1.37 bits per heavy atom. The van der Waals surface area contributed by atoms with Crippen molar-refractivity contribution in [2.24, 2.45) is 0 Å². The highest BCUT2D eigenvalue weighted by atomic mass is 16.4. The van der Waals surface area contributed by atoms with Crippen molar-refractivity contribution < 1.29 is 9.90 Å². The Hall–Kier alpha value is -2.10.